The summed E-state index contributed by atoms with van der Waals surface area (Å²) in [6.45, 7) is 1.83. The fourth-order valence-corrected chi connectivity index (χ4v) is 4.38. The van der Waals surface area contributed by atoms with Gasteiger partial charge in [0.05, 0.1) is 33.4 Å². The predicted octanol–water partition coefficient (Wildman–Crippen LogP) is 6.58. The molecule has 1 aliphatic rings. The summed E-state index contributed by atoms with van der Waals surface area (Å²) in [7, 11) is 0. The third kappa shape index (κ3) is 5.99. The zero-order valence-electron chi connectivity index (χ0n) is 18.4. The highest BCUT2D eigenvalue weighted by Gasteiger charge is 2.41. The largest absolute Gasteiger partial charge is 0.457 e. The topological polar surface area (TPSA) is 99.3 Å². The average molecular weight is 553 g/mol. The number of nitro benzene ring substituents is 1. The van der Waals surface area contributed by atoms with Crippen LogP contribution in [0.25, 0.3) is 0 Å². The van der Waals surface area contributed by atoms with Crippen molar-refractivity contribution in [2.24, 2.45) is 0 Å². The number of benzene rings is 2. The molecule has 35 heavy (non-hydrogen) atoms. The second kappa shape index (κ2) is 9.68. The van der Waals surface area contributed by atoms with Gasteiger partial charge in [-0.25, -0.2) is 0 Å². The number of hydrogen-bond acceptors (Lipinski definition) is 5. The lowest BCUT2D eigenvalue weighted by Crippen LogP contribution is -2.16. The Morgan fingerprint density at radius 2 is 1.91 bits per heavy atom. The third-order valence-corrected chi connectivity index (χ3v) is 6.14. The van der Waals surface area contributed by atoms with Crippen molar-refractivity contribution < 1.29 is 27.6 Å². The van der Waals surface area contributed by atoms with Crippen LogP contribution in [0, 0.1) is 17.0 Å². The number of halogens is 4. The molecule has 0 unspecified atom stereocenters. The van der Waals surface area contributed by atoms with E-state index in [0.717, 1.165) is 18.4 Å². The molecule has 184 valence electrons. The Hall–Kier alpha value is -3.41. The van der Waals surface area contributed by atoms with Crippen molar-refractivity contribution >= 4 is 33.2 Å². The van der Waals surface area contributed by atoms with E-state index < -0.39 is 22.7 Å². The summed E-state index contributed by atoms with van der Waals surface area (Å²) in [6, 6.07) is 10.9. The minimum absolute atomic E-state index is 0.0331. The zero-order valence-corrected chi connectivity index (χ0v) is 20.0. The first-order valence-corrected chi connectivity index (χ1v) is 11.5. The van der Waals surface area contributed by atoms with E-state index in [1.54, 1.807) is 12.1 Å². The van der Waals surface area contributed by atoms with Gasteiger partial charge in [0.2, 0.25) is 5.91 Å². The molecule has 2 aromatic carbocycles. The van der Waals surface area contributed by atoms with Gasteiger partial charge in [0.1, 0.15) is 11.5 Å². The second-order valence-corrected chi connectivity index (χ2v) is 9.02. The van der Waals surface area contributed by atoms with Gasteiger partial charge in [-0.2, -0.15) is 18.3 Å². The van der Waals surface area contributed by atoms with Crippen LogP contribution in [0.15, 0.2) is 46.9 Å². The van der Waals surface area contributed by atoms with Crippen LogP contribution in [0.1, 0.15) is 42.1 Å². The maximum absolute atomic E-state index is 13.3. The summed E-state index contributed by atoms with van der Waals surface area (Å²) < 4.78 is 46.6. The fraction of sp³-hybridized carbons (Fsp3) is 0.304. The molecule has 0 atom stereocenters. The van der Waals surface area contributed by atoms with Crippen LogP contribution in [0.2, 0.25) is 0 Å². The molecule has 4 rings (SSSR count). The number of aryl methyl sites for hydroxylation is 2. The molecule has 1 saturated carbocycles. The van der Waals surface area contributed by atoms with Crippen LogP contribution in [0.4, 0.5) is 24.5 Å². The molecule has 0 spiro atoms. The van der Waals surface area contributed by atoms with E-state index in [0.29, 0.717) is 11.4 Å². The van der Waals surface area contributed by atoms with Crippen molar-refractivity contribution in [3.05, 3.63) is 74.0 Å². The van der Waals surface area contributed by atoms with Crippen molar-refractivity contribution in [2.75, 3.05) is 5.32 Å². The minimum atomic E-state index is -4.62. The first-order chi connectivity index (χ1) is 16.5. The molecular formula is C23H20BrF3N4O4. The molecule has 1 N–H and O–H groups in total. The van der Waals surface area contributed by atoms with Crippen molar-refractivity contribution in [3.63, 3.8) is 0 Å². The molecule has 1 heterocycles. The van der Waals surface area contributed by atoms with Crippen molar-refractivity contribution in [1.82, 2.24) is 9.78 Å². The van der Waals surface area contributed by atoms with Gasteiger partial charge in [0, 0.05) is 24.5 Å². The van der Waals surface area contributed by atoms with Gasteiger partial charge in [0.25, 0.3) is 5.69 Å². The zero-order chi connectivity index (χ0) is 25.3. The highest BCUT2D eigenvalue weighted by Crippen LogP contribution is 2.47. The predicted molar refractivity (Wildman–Crippen MR) is 125 cm³/mol. The van der Waals surface area contributed by atoms with Gasteiger partial charge in [0.15, 0.2) is 5.69 Å². The van der Waals surface area contributed by atoms with Gasteiger partial charge in [-0.3, -0.25) is 19.6 Å². The summed E-state index contributed by atoms with van der Waals surface area (Å²) in [5.41, 5.74) is 0.268. The molecule has 1 fully saturated rings. The van der Waals surface area contributed by atoms with Gasteiger partial charge in [-0.15, -0.1) is 0 Å². The smallest absolute Gasteiger partial charge is 0.436 e. The number of non-ortho nitro benzene ring substituents is 1. The van der Waals surface area contributed by atoms with Crippen LogP contribution >= 0.6 is 15.9 Å². The van der Waals surface area contributed by atoms with E-state index in [4.69, 9.17) is 4.74 Å². The van der Waals surface area contributed by atoms with Gasteiger partial charge in [-0.1, -0.05) is 17.7 Å². The third-order valence-electron chi connectivity index (χ3n) is 5.36. The Morgan fingerprint density at radius 1 is 1.23 bits per heavy atom. The fourth-order valence-electron chi connectivity index (χ4n) is 3.54. The number of nitrogens with zero attached hydrogens (tertiary/aromatic N) is 3. The molecule has 0 radical (unpaired) electrons. The highest BCUT2D eigenvalue weighted by atomic mass is 79.9. The molecule has 0 aliphatic heterocycles. The van der Waals surface area contributed by atoms with Gasteiger partial charge in [-0.05, 0) is 47.8 Å². The summed E-state index contributed by atoms with van der Waals surface area (Å²) in [4.78, 5) is 23.3. The SMILES string of the molecule is Cc1ccc(Oc2cc(NC(=O)CCn3nc(C(F)(F)F)c(Br)c3C3CC3)cc([N+](=O)[O-])c2)cc1. The van der Waals surface area contributed by atoms with E-state index in [-0.39, 0.29) is 40.5 Å². The van der Waals surface area contributed by atoms with Crippen LogP contribution in [0.3, 0.4) is 0 Å². The number of nitrogens with one attached hydrogen (secondary N) is 1. The minimum Gasteiger partial charge on any atom is -0.457 e. The van der Waals surface area contributed by atoms with E-state index in [2.05, 4.69) is 26.3 Å². The first-order valence-electron chi connectivity index (χ1n) is 10.7. The second-order valence-electron chi connectivity index (χ2n) is 8.23. The number of alkyl halides is 3. The molecule has 12 heteroatoms. The molecular weight excluding hydrogens is 533 g/mol. The molecule has 0 bridgehead atoms. The number of carbonyl (C=O) groups is 1. The number of rotatable bonds is 8. The first kappa shape index (κ1) is 24.7. The lowest BCUT2D eigenvalue weighted by Gasteiger charge is -2.11. The quantitative estimate of drug-likeness (QED) is 0.251. The lowest BCUT2D eigenvalue weighted by atomic mass is 10.2. The van der Waals surface area contributed by atoms with E-state index in [1.165, 1.54) is 22.9 Å². The molecule has 3 aromatic rings. The monoisotopic (exact) mass is 552 g/mol. The maximum Gasteiger partial charge on any atom is 0.436 e. The summed E-state index contributed by atoms with van der Waals surface area (Å²) in [5.74, 6) is 0.0499. The Morgan fingerprint density at radius 3 is 2.51 bits per heavy atom. The Labute approximate surface area is 206 Å². The number of hydrogen-bond donors (Lipinski definition) is 1. The summed E-state index contributed by atoms with van der Waals surface area (Å²) >= 11 is 3.02. The van der Waals surface area contributed by atoms with Crippen molar-refractivity contribution in [3.8, 4) is 11.5 Å². The lowest BCUT2D eigenvalue weighted by molar-refractivity contribution is -0.384. The molecule has 1 amide bonds. The highest BCUT2D eigenvalue weighted by molar-refractivity contribution is 9.10. The van der Waals surface area contributed by atoms with Crippen molar-refractivity contribution in [1.29, 1.82) is 0 Å². The maximum atomic E-state index is 13.3. The summed E-state index contributed by atoms with van der Waals surface area (Å²) in [6.07, 6.45) is -3.29. The van der Waals surface area contributed by atoms with E-state index in [9.17, 15) is 28.1 Å². The summed E-state index contributed by atoms with van der Waals surface area (Å²) in [5, 5.41) is 17.6. The van der Waals surface area contributed by atoms with Gasteiger partial charge < -0.3 is 10.1 Å². The van der Waals surface area contributed by atoms with E-state index >= 15 is 0 Å². The van der Waals surface area contributed by atoms with E-state index in [1.807, 2.05) is 19.1 Å². The Bertz CT molecular complexity index is 1270. The number of anilines is 1. The van der Waals surface area contributed by atoms with Crippen LogP contribution in [-0.4, -0.2) is 20.6 Å². The molecule has 0 saturated heterocycles. The molecule has 1 aliphatic carbocycles. The number of amides is 1. The standard InChI is InChI=1S/C23H20BrF3N4O4/c1-13-2-6-17(7-3-13)35-18-11-15(10-16(12-18)31(33)34)28-19(32)8-9-30-21(14-4-5-14)20(24)22(29-30)23(25,26)27/h2-3,6-7,10-12,14H,4-5,8-9H2,1H3,(H,28,32). The normalized spacial score (nSPS) is 13.5. The Balaban J connectivity index is 1.48. The van der Waals surface area contributed by atoms with Crippen molar-refractivity contribution in [2.45, 2.75) is 44.8 Å². The number of carbonyl (C=O) groups excluding carboxylic acids is 1. The van der Waals surface area contributed by atoms with Crippen LogP contribution < -0.4 is 10.1 Å². The van der Waals surface area contributed by atoms with Crippen LogP contribution in [-0.2, 0) is 17.5 Å². The number of aromatic nitrogens is 2. The number of nitro groups is 1. The molecule has 8 nitrogen and oxygen atoms in total. The average Bonchev–Trinajstić information content (AvgIpc) is 3.55. The van der Waals surface area contributed by atoms with Gasteiger partial charge >= 0.3 is 6.18 Å². The van der Waals surface area contributed by atoms with Crippen LogP contribution in [0.5, 0.6) is 11.5 Å². The Kier molecular flexibility index (Phi) is 6.84. The number of ether oxygens (including phenoxy) is 1. The molecule has 1 aromatic heterocycles.